The molecular formula is C13H15N3O4S. The maximum Gasteiger partial charge on any atom is 0.243 e. The van der Waals surface area contributed by atoms with Crippen LogP contribution in [-0.2, 0) is 19.6 Å². The molecule has 1 saturated heterocycles. The molecule has 0 radical (unpaired) electrons. The molecule has 0 saturated carbocycles. The van der Waals surface area contributed by atoms with Gasteiger partial charge in [-0.1, -0.05) is 0 Å². The minimum atomic E-state index is -3.72. The minimum absolute atomic E-state index is 0.110. The lowest BCUT2D eigenvalue weighted by molar-refractivity contribution is -0.122. The van der Waals surface area contributed by atoms with E-state index in [9.17, 15) is 18.0 Å². The highest BCUT2D eigenvalue weighted by atomic mass is 32.2. The molecule has 0 spiro atoms. The van der Waals surface area contributed by atoms with Crippen LogP contribution in [0.5, 0.6) is 0 Å². The first-order valence-corrected chi connectivity index (χ1v) is 8.05. The lowest BCUT2D eigenvalue weighted by Crippen LogP contribution is -2.49. The van der Waals surface area contributed by atoms with Gasteiger partial charge in [0, 0.05) is 18.8 Å². The summed E-state index contributed by atoms with van der Waals surface area (Å²) in [5, 5.41) is 5.29. The predicted octanol–water partition coefficient (Wildman–Crippen LogP) is -0.137. The van der Waals surface area contributed by atoms with Crippen molar-refractivity contribution in [1.82, 2.24) is 9.62 Å². The molecule has 2 amide bonds. The highest BCUT2D eigenvalue weighted by Gasteiger charge is 2.32. The molecular weight excluding hydrogens is 294 g/mol. The van der Waals surface area contributed by atoms with Crippen LogP contribution < -0.4 is 10.6 Å². The van der Waals surface area contributed by atoms with Crippen molar-refractivity contribution in [3.8, 4) is 0 Å². The number of sulfonamides is 1. The molecule has 1 atom stereocenters. The lowest BCUT2D eigenvalue weighted by atomic mass is 10.0. The van der Waals surface area contributed by atoms with Gasteiger partial charge in [0.15, 0.2) is 0 Å². The Morgan fingerprint density at radius 2 is 2.05 bits per heavy atom. The number of nitrogens with one attached hydrogen (secondary N) is 2. The van der Waals surface area contributed by atoms with Crippen molar-refractivity contribution in [3.63, 3.8) is 0 Å². The van der Waals surface area contributed by atoms with E-state index in [4.69, 9.17) is 0 Å². The highest BCUT2D eigenvalue weighted by molar-refractivity contribution is 7.89. The van der Waals surface area contributed by atoms with Crippen molar-refractivity contribution < 1.29 is 18.0 Å². The van der Waals surface area contributed by atoms with Gasteiger partial charge in [0.05, 0.1) is 17.4 Å². The van der Waals surface area contributed by atoms with E-state index < -0.39 is 10.0 Å². The number of rotatable bonds is 2. The van der Waals surface area contributed by atoms with E-state index in [0.29, 0.717) is 17.8 Å². The summed E-state index contributed by atoms with van der Waals surface area (Å²) in [6.45, 7) is 2.11. The van der Waals surface area contributed by atoms with Crippen molar-refractivity contribution in [2.75, 3.05) is 25.0 Å². The fraction of sp³-hybridized carbons (Fsp3) is 0.385. The van der Waals surface area contributed by atoms with Gasteiger partial charge in [0.2, 0.25) is 21.8 Å². The fourth-order valence-corrected chi connectivity index (χ4v) is 3.96. The number of piperazine rings is 1. The van der Waals surface area contributed by atoms with Gasteiger partial charge in [0.25, 0.3) is 0 Å². The molecule has 112 valence electrons. The molecule has 2 aliphatic rings. The molecule has 3 rings (SSSR count). The average Bonchev–Trinajstić information content (AvgIpc) is 2.74. The number of nitrogens with zero attached hydrogens (tertiary/aromatic N) is 1. The summed E-state index contributed by atoms with van der Waals surface area (Å²) in [6, 6.07) is 4.56. The zero-order valence-electron chi connectivity index (χ0n) is 11.4. The number of carbonyl (C=O) groups excluding carboxylic acids is 2. The molecule has 0 unspecified atom stereocenters. The third-order valence-corrected chi connectivity index (χ3v) is 5.62. The predicted molar refractivity (Wildman–Crippen MR) is 75.3 cm³/mol. The quantitative estimate of drug-likeness (QED) is 0.795. The normalized spacial score (nSPS) is 22.6. The summed E-state index contributed by atoms with van der Waals surface area (Å²) in [5.74, 6) is -0.826. The number of anilines is 1. The molecule has 8 heteroatoms. The van der Waals surface area contributed by atoms with Gasteiger partial charge >= 0.3 is 0 Å². The van der Waals surface area contributed by atoms with Crippen LogP contribution in [0.2, 0.25) is 0 Å². The van der Waals surface area contributed by atoms with Gasteiger partial charge in [-0.05, 0) is 30.7 Å². The highest BCUT2D eigenvalue weighted by Crippen LogP contribution is 2.34. The Morgan fingerprint density at radius 1 is 1.29 bits per heavy atom. The number of fused-ring (bicyclic) bond motifs is 1. The van der Waals surface area contributed by atoms with Crippen LogP contribution in [0.15, 0.2) is 23.1 Å². The summed E-state index contributed by atoms with van der Waals surface area (Å²) in [5.41, 5.74) is 1.31. The Bertz CT molecular complexity index is 729. The SMILES string of the molecule is C[C@@H]1C(=O)Nc2ccc(S(=O)(=O)N3CCNC(=O)C3)cc21. The number of benzene rings is 1. The van der Waals surface area contributed by atoms with Crippen molar-refractivity contribution >= 4 is 27.5 Å². The van der Waals surface area contributed by atoms with Crippen LogP contribution in [0.3, 0.4) is 0 Å². The van der Waals surface area contributed by atoms with E-state index in [1.54, 1.807) is 13.0 Å². The first-order chi connectivity index (χ1) is 9.89. The monoisotopic (exact) mass is 309 g/mol. The molecule has 0 bridgehead atoms. The van der Waals surface area contributed by atoms with Crippen LogP contribution in [0.25, 0.3) is 0 Å². The molecule has 2 heterocycles. The van der Waals surface area contributed by atoms with E-state index in [2.05, 4.69) is 10.6 Å². The van der Waals surface area contributed by atoms with Crippen molar-refractivity contribution in [3.05, 3.63) is 23.8 Å². The van der Waals surface area contributed by atoms with Gasteiger partial charge in [-0.3, -0.25) is 9.59 Å². The number of hydrogen-bond donors (Lipinski definition) is 2. The van der Waals surface area contributed by atoms with Gasteiger partial charge in [0.1, 0.15) is 0 Å². The van der Waals surface area contributed by atoms with Crippen LogP contribution in [0.4, 0.5) is 5.69 Å². The van der Waals surface area contributed by atoms with Gasteiger partial charge < -0.3 is 10.6 Å². The standard InChI is InChI=1S/C13H15N3O4S/c1-8-10-6-9(2-3-11(10)15-13(8)18)21(19,20)16-5-4-14-12(17)7-16/h2-3,6,8H,4-5,7H2,1H3,(H,14,17)(H,15,18)/t8-/m0/s1. The molecule has 1 aromatic carbocycles. The molecule has 7 nitrogen and oxygen atoms in total. The molecule has 0 aliphatic carbocycles. The Labute approximate surface area is 122 Å². The molecule has 2 aliphatic heterocycles. The smallest absolute Gasteiger partial charge is 0.243 e. The summed E-state index contributed by atoms with van der Waals surface area (Å²) in [7, 11) is -3.72. The molecule has 1 fully saturated rings. The maximum atomic E-state index is 12.6. The second-order valence-corrected chi connectivity index (χ2v) is 7.09. The zero-order chi connectivity index (χ0) is 15.2. The Balaban J connectivity index is 1.97. The Kier molecular flexibility index (Phi) is 3.22. The van der Waals surface area contributed by atoms with E-state index >= 15 is 0 Å². The third-order valence-electron chi connectivity index (χ3n) is 3.78. The first kappa shape index (κ1) is 14.0. The van der Waals surface area contributed by atoms with Crippen molar-refractivity contribution in [1.29, 1.82) is 0 Å². The van der Waals surface area contributed by atoms with E-state index in [1.807, 2.05) is 0 Å². The van der Waals surface area contributed by atoms with Crippen molar-refractivity contribution in [2.24, 2.45) is 0 Å². The van der Waals surface area contributed by atoms with E-state index in [1.165, 1.54) is 12.1 Å². The number of hydrogen-bond acceptors (Lipinski definition) is 4. The summed E-state index contributed by atoms with van der Waals surface area (Å²) < 4.78 is 26.3. The Morgan fingerprint density at radius 3 is 2.76 bits per heavy atom. The van der Waals surface area contributed by atoms with Crippen molar-refractivity contribution in [2.45, 2.75) is 17.7 Å². The first-order valence-electron chi connectivity index (χ1n) is 6.61. The summed E-state index contributed by atoms with van der Waals surface area (Å²) in [6.07, 6.45) is 0. The van der Waals surface area contributed by atoms with Crippen LogP contribution in [-0.4, -0.2) is 44.2 Å². The molecule has 1 aromatic rings. The van der Waals surface area contributed by atoms with Crippen LogP contribution >= 0.6 is 0 Å². The van der Waals surface area contributed by atoms with E-state index in [-0.39, 0.29) is 35.7 Å². The van der Waals surface area contributed by atoms with Gasteiger partial charge in [-0.25, -0.2) is 8.42 Å². The van der Waals surface area contributed by atoms with E-state index in [0.717, 1.165) is 4.31 Å². The van der Waals surface area contributed by atoms with Gasteiger partial charge in [-0.2, -0.15) is 4.31 Å². The minimum Gasteiger partial charge on any atom is -0.354 e. The topological polar surface area (TPSA) is 95.6 Å². The maximum absolute atomic E-state index is 12.6. The molecule has 2 N–H and O–H groups in total. The van der Waals surface area contributed by atoms with Crippen LogP contribution in [0, 0.1) is 0 Å². The van der Waals surface area contributed by atoms with Crippen LogP contribution in [0.1, 0.15) is 18.4 Å². The zero-order valence-corrected chi connectivity index (χ0v) is 12.2. The fourth-order valence-electron chi connectivity index (χ4n) is 2.52. The largest absolute Gasteiger partial charge is 0.354 e. The third kappa shape index (κ3) is 2.30. The van der Waals surface area contributed by atoms with Gasteiger partial charge in [-0.15, -0.1) is 0 Å². The second-order valence-electron chi connectivity index (χ2n) is 5.15. The Hall–Kier alpha value is -1.93. The average molecular weight is 309 g/mol. The molecule has 0 aromatic heterocycles. The summed E-state index contributed by atoms with van der Waals surface area (Å²) >= 11 is 0. The summed E-state index contributed by atoms with van der Waals surface area (Å²) in [4.78, 5) is 23.1. The lowest BCUT2D eigenvalue weighted by Gasteiger charge is -2.26. The molecule has 21 heavy (non-hydrogen) atoms. The number of amides is 2. The second kappa shape index (κ2) is 4.81. The number of carbonyl (C=O) groups is 2.